The topological polar surface area (TPSA) is 55.6 Å². The summed E-state index contributed by atoms with van der Waals surface area (Å²) in [5.74, 6) is 0. The van der Waals surface area contributed by atoms with Gasteiger partial charge in [0.25, 0.3) is 0 Å². The smallest absolute Gasteiger partial charge is 0.410 e. The van der Waals surface area contributed by atoms with Crippen LogP contribution in [0.25, 0.3) is 0 Å². The molecule has 4 nitrogen and oxygen atoms in total. The van der Waals surface area contributed by atoms with Gasteiger partial charge in [-0.25, -0.2) is 4.79 Å². The number of thiocarbonyl (C=S) groups is 1. The van der Waals surface area contributed by atoms with Crippen molar-refractivity contribution in [1.82, 2.24) is 4.90 Å². The molecule has 0 aromatic rings. The molecule has 1 heterocycles. The third-order valence-corrected chi connectivity index (χ3v) is 2.36. The van der Waals surface area contributed by atoms with Gasteiger partial charge >= 0.3 is 6.09 Å². The molecule has 1 fully saturated rings. The van der Waals surface area contributed by atoms with E-state index >= 15 is 0 Å². The first-order chi connectivity index (χ1) is 6.16. The van der Waals surface area contributed by atoms with Gasteiger partial charge < -0.3 is 10.5 Å². The Bertz CT molecular complexity index is 220. The van der Waals surface area contributed by atoms with Gasteiger partial charge in [0, 0.05) is 6.54 Å². The molecule has 1 aliphatic rings. The molecule has 0 radical (unpaired) electrons. The summed E-state index contributed by atoms with van der Waals surface area (Å²) in [6, 6.07) is -0.103. The summed E-state index contributed by atoms with van der Waals surface area (Å²) in [5, 5.41) is 0. The highest BCUT2D eigenvalue weighted by molar-refractivity contribution is 7.80. The SMILES string of the molecule is CCOC(=O)N1CCCC1C(N)=S. The number of ether oxygens (including phenoxy) is 1. The highest BCUT2D eigenvalue weighted by Crippen LogP contribution is 2.18. The molecule has 0 aliphatic carbocycles. The fraction of sp³-hybridized carbons (Fsp3) is 0.750. The standard InChI is InChI=1S/C8H14N2O2S/c1-2-12-8(11)10-5-3-4-6(10)7(9)13/h6H,2-5H2,1H3,(H2,9,13). The van der Waals surface area contributed by atoms with E-state index in [2.05, 4.69) is 0 Å². The highest BCUT2D eigenvalue weighted by atomic mass is 32.1. The number of nitrogens with zero attached hydrogens (tertiary/aromatic N) is 1. The van der Waals surface area contributed by atoms with Gasteiger partial charge in [0.15, 0.2) is 0 Å². The second kappa shape index (κ2) is 4.41. The predicted octanol–water partition coefficient (Wildman–Crippen LogP) is 0.893. The van der Waals surface area contributed by atoms with Crippen LogP contribution in [0.4, 0.5) is 4.79 Å². The molecular weight excluding hydrogens is 188 g/mol. The number of likely N-dealkylation sites (tertiary alicyclic amines) is 1. The minimum absolute atomic E-state index is 0.103. The number of carbonyl (C=O) groups excluding carboxylic acids is 1. The van der Waals surface area contributed by atoms with Gasteiger partial charge in [-0.05, 0) is 19.8 Å². The van der Waals surface area contributed by atoms with Crippen LogP contribution in [-0.4, -0.2) is 35.2 Å². The summed E-state index contributed by atoms with van der Waals surface area (Å²) in [6.07, 6.45) is 1.49. The van der Waals surface area contributed by atoms with E-state index in [0.29, 0.717) is 18.1 Å². The molecule has 1 saturated heterocycles. The quantitative estimate of drug-likeness (QED) is 0.676. The van der Waals surface area contributed by atoms with Gasteiger partial charge in [0.05, 0.1) is 17.6 Å². The summed E-state index contributed by atoms with van der Waals surface area (Å²) in [7, 11) is 0. The van der Waals surface area contributed by atoms with E-state index in [1.54, 1.807) is 11.8 Å². The van der Waals surface area contributed by atoms with Crippen LogP contribution in [0.15, 0.2) is 0 Å². The maximum absolute atomic E-state index is 11.3. The van der Waals surface area contributed by atoms with Crippen molar-refractivity contribution >= 4 is 23.3 Å². The molecule has 1 rings (SSSR count). The fourth-order valence-electron chi connectivity index (χ4n) is 1.49. The Labute approximate surface area is 83.0 Å². The molecule has 0 aromatic heterocycles. The Kier molecular flexibility index (Phi) is 3.48. The average molecular weight is 202 g/mol. The lowest BCUT2D eigenvalue weighted by atomic mass is 10.2. The number of hydrogen-bond acceptors (Lipinski definition) is 3. The predicted molar refractivity (Wildman–Crippen MR) is 53.5 cm³/mol. The van der Waals surface area contributed by atoms with Gasteiger partial charge in [-0.15, -0.1) is 0 Å². The summed E-state index contributed by atoms with van der Waals surface area (Å²) in [4.78, 5) is 13.3. The zero-order chi connectivity index (χ0) is 9.84. The van der Waals surface area contributed by atoms with Crippen molar-refractivity contribution in [3.05, 3.63) is 0 Å². The van der Waals surface area contributed by atoms with Crippen LogP contribution in [0.3, 0.4) is 0 Å². The Balaban J connectivity index is 2.57. The van der Waals surface area contributed by atoms with Gasteiger partial charge in [-0.3, -0.25) is 4.90 Å². The molecule has 5 heteroatoms. The van der Waals surface area contributed by atoms with Crippen LogP contribution in [0, 0.1) is 0 Å². The molecule has 0 bridgehead atoms. The summed E-state index contributed by atoms with van der Waals surface area (Å²) < 4.78 is 4.88. The molecule has 1 aliphatic heterocycles. The summed E-state index contributed by atoms with van der Waals surface area (Å²) in [5.41, 5.74) is 5.50. The Hall–Kier alpha value is -0.840. The van der Waals surface area contributed by atoms with E-state index < -0.39 is 0 Å². The third-order valence-electron chi connectivity index (χ3n) is 2.08. The summed E-state index contributed by atoms with van der Waals surface area (Å²) in [6.45, 7) is 2.87. The van der Waals surface area contributed by atoms with Crippen molar-refractivity contribution in [3.8, 4) is 0 Å². The monoisotopic (exact) mass is 202 g/mol. The number of hydrogen-bond donors (Lipinski definition) is 1. The number of amides is 1. The van der Waals surface area contributed by atoms with E-state index in [4.69, 9.17) is 22.7 Å². The molecule has 1 unspecified atom stereocenters. The first kappa shape index (κ1) is 10.2. The van der Waals surface area contributed by atoms with E-state index in [1.807, 2.05) is 0 Å². The largest absolute Gasteiger partial charge is 0.450 e. The van der Waals surface area contributed by atoms with E-state index in [0.717, 1.165) is 12.8 Å². The maximum atomic E-state index is 11.3. The Morgan fingerprint density at radius 2 is 2.46 bits per heavy atom. The first-order valence-corrected chi connectivity index (χ1v) is 4.80. The van der Waals surface area contributed by atoms with Crippen molar-refractivity contribution in [2.24, 2.45) is 5.73 Å². The van der Waals surface area contributed by atoms with Crippen molar-refractivity contribution in [2.75, 3.05) is 13.2 Å². The Morgan fingerprint density at radius 3 is 3.00 bits per heavy atom. The molecule has 0 saturated carbocycles. The molecule has 1 atom stereocenters. The van der Waals surface area contributed by atoms with Crippen LogP contribution in [0.5, 0.6) is 0 Å². The van der Waals surface area contributed by atoms with E-state index in [9.17, 15) is 4.79 Å². The average Bonchev–Trinajstić information content (AvgIpc) is 2.52. The third kappa shape index (κ3) is 2.30. The van der Waals surface area contributed by atoms with E-state index in [1.165, 1.54) is 0 Å². The minimum Gasteiger partial charge on any atom is -0.450 e. The van der Waals surface area contributed by atoms with Crippen LogP contribution in [-0.2, 0) is 4.74 Å². The molecular formula is C8H14N2O2S. The number of rotatable bonds is 2. The van der Waals surface area contributed by atoms with Gasteiger partial charge in [-0.2, -0.15) is 0 Å². The maximum Gasteiger partial charge on any atom is 0.410 e. The van der Waals surface area contributed by atoms with Gasteiger partial charge in [0.1, 0.15) is 0 Å². The van der Waals surface area contributed by atoms with Crippen LogP contribution in [0.2, 0.25) is 0 Å². The molecule has 1 amide bonds. The molecule has 0 aromatic carbocycles. The molecule has 74 valence electrons. The zero-order valence-corrected chi connectivity index (χ0v) is 8.47. The lowest BCUT2D eigenvalue weighted by Gasteiger charge is -2.22. The normalized spacial score (nSPS) is 21.6. The number of carbonyl (C=O) groups is 1. The van der Waals surface area contributed by atoms with Crippen molar-refractivity contribution in [1.29, 1.82) is 0 Å². The van der Waals surface area contributed by atoms with Crippen molar-refractivity contribution in [2.45, 2.75) is 25.8 Å². The Morgan fingerprint density at radius 1 is 1.77 bits per heavy atom. The minimum atomic E-state index is -0.308. The molecule has 0 spiro atoms. The van der Waals surface area contributed by atoms with Crippen molar-refractivity contribution < 1.29 is 9.53 Å². The zero-order valence-electron chi connectivity index (χ0n) is 7.66. The van der Waals surface area contributed by atoms with Gasteiger partial charge in [-0.1, -0.05) is 12.2 Å². The highest BCUT2D eigenvalue weighted by Gasteiger charge is 2.31. The molecule has 13 heavy (non-hydrogen) atoms. The number of nitrogens with two attached hydrogens (primary N) is 1. The lowest BCUT2D eigenvalue weighted by molar-refractivity contribution is 0.111. The fourth-order valence-corrected chi connectivity index (χ4v) is 1.73. The lowest BCUT2D eigenvalue weighted by Crippen LogP contribution is -2.43. The van der Waals surface area contributed by atoms with Crippen LogP contribution >= 0.6 is 12.2 Å². The molecule has 2 N–H and O–H groups in total. The van der Waals surface area contributed by atoms with Crippen molar-refractivity contribution in [3.63, 3.8) is 0 Å². The van der Waals surface area contributed by atoms with Crippen LogP contribution in [0.1, 0.15) is 19.8 Å². The van der Waals surface area contributed by atoms with Crippen LogP contribution < -0.4 is 5.73 Å². The second-order valence-electron chi connectivity index (χ2n) is 2.95. The summed E-state index contributed by atoms with van der Waals surface area (Å²) >= 11 is 4.86. The van der Waals surface area contributed by atoms with Gasteiger partial charge in [0.2, 0.25) is 0 Å². The van der Waals surface area contributed by atoms with E-state index in [-0.39, 0.29) is 12.1 Å². The first-order valence-electron chi connectivity index (χ1n) is 4.39. The second-order valence-corrected chi connectivity index (χ2v) is 3.42.